The smallest absolute Gasteiger partial charge is 0.360 e. The van der Waals surface area contributed by atoms with Crippen molar-refractivity contribution in [1.82, 2.24) is 4.90 Å². The van der Waals surface area contributed by atoms with Crippen LogP contribution in [-0.2, 0) is 11.3 Å². The summed E-state index contributed by atoms with van der Waals surface area (Å²) >= 11 is 2.84. The van der Waals surface area contributed by atoms with Gasteiger partial charge in [0.2, 0.25) is 0 Å². The first-order valence-electron chi connectivity index (χ1n) is 5.20. The van der Waals surface area contributed by atoms with E-state index in [1.807, 2.05) is 17.5 Å². The highest BCUT2D eigenvalue weighted by Crippen LogP contribution is 2.31. The van der Waals surface area contributed by atoms with Gasteiger partial charge in [0, 0.05) is 23.3 Å². The Morgan fingerprint density at radius 2 is 2.28 bits per heavy atom. The van der Waals surface area contributed by atoms with Crippen LogP contribution in [0.5, 0.6) is 0 Å². The fraction of sp³-hybridized carbons (Fsp3) is 0.364. The van der Waals surface area contributed by atoms with E-state index in [1.54, 1.807) is 16.2 Å². The lowest BCUT2D eigenvalue weighted by Gasteiger charge is -2.17. The molecule has 0 radical (unpaired) electrons. The molecule has 0 amide bonds. The Labute approximate surface area is 110 Å². The zero-order valence-corrected chi connectivity index (χ0v) is 10.9. The number of alkyl halides is 3. The standard InChI is InChI=1S/C11H10F3NOS2/c12-11(13,14)9(16)6-10-15(3-5-18-10)7-8-2-1-4-17-8/h1-2,4,6H,3,5,7H2. The number of halogens is 3. The van der Waals surface area contributed by atoms with Crippen molar-refractivity contribution in [2.45, 2.75) is 12.7 Å². The van der Waals surface area contributed by atoms with E-state index < -0.39 is 12.0 Å². The highest BCUT2D eigenvalue weighted by molar-refractivity contribution is 8.03. The number of rotatable bonds is 3. The van der Waals surface area contributed by atoms with Crippen LogP contribution in [0.3, 0.4) is 0 Å². The van der Waals surface area contributed by atoms with Crippen molar-refractivity contribution in [3.05, 3.63) is 33.5 Å². The number of hydrogen-bond donors (Lipinski definition) is 0. The van der Waals surface area contributed by atoms with Crippen molar-refractivity contribution in [2.24, 2.45) is 0 Å². The van der Waals surface area contributed by atoms with Crippen molar-refractivity contribution >= 4 is 28.9 Å². The fourth-order valence-corrected chi connectivity index (χ4v) is 3.31. The van der Waals surface area contributed by atoms with Crippen molar-refractivity contribution in [2.75, 3.05) is 12.3 Å². The average molecular weight is 293 g/mol. The molecule has 0 aliphatic carbocycles. The Hall–Kier alpha value is -0.950. The van der Waals surface area contributed by atoms with Gasteiger partial charge in [-0.2, -0.15) is 13.2 Å². The third-order valence-electron chi connectivity index (χ3n) is 2.38. The van der Waals surface area contributed by atoms with Crippen LogP contribution < -0.4 is 0 Å². The summed E-state index contributed by atoms with van der Waals surface area (Å²) in [4.78, 5) is 13.8. The van der Waals surface area contributed by atoms with Crippen LogP contribution in [0.25, 0.3) is 0 Å². The van der Waals surface area contributed by atoms with Gasteiger partial charge in [0.05, 0.1) is 11.6 Å². The number of nitrogens with zero attached hydrogens (tertiary/aromatic N) is 1. The number of carbonyl (C=O) groups excluding carboxylic acids is 1. The van der Waals surface area contributed by atoms with E-state index in [2.05, 4.69) is 0 Å². The molecule has 1 aromatic rings. The normalized spacial score (nSPS) is 18.6. The summed E-state index contributed by atoms with van der Waals surface area (Å²) < 4.78 is 36.6. The van der Waals surface area contributed by atoms with E-state index in [9.17, 15) is 18.0 Å². The molecule has 0 saturated carbocycles. The molecule has 1 aromatic heterocycles. The van der Waals surface area contributed by atoms with Crippen LogP contribution in [0.2, 0.25) is 0 Å². The molecule has 0 unspecified atom stereocenters. The first-order valence-corrected chi connectivity index (χ1v) is 7.06. The van der Waals surface area contributed by atoms with E-state index in [1.165, 1.54) is 11.8 Å². The molecule has 0 N–H and O–H groups in total. The first-order chi connectivity index (χ1) is 8.47. The predicted molar refractivity (Wildman–Crippen MR) is 66.3 cm³/mol. The lowest BCUT2D eigenvalue weighted by molar-refractivity contribution is -0.165. The van der Waals surface area contributed by atoms with Gasteiger partial charge in [0.15, 0.2) is 0 Å². The van der Waals surface area contributed by atoms with E-state index >= 15 is 0 Å². The van der Waals surface area contributed by atoms with E-state index in [-0.39, 0.29) is 0 Å². The zero-order valence-electron chi connectivity index (χ0n) is 9.24. The van der Waals surface area contributed by atoms with E-state index in [0.717, 1.165) is 4.88 Å². The Morgan fingerprint density at radius 3 is 2.89 bits per heavy atom. The molecule has 2 nitrogen and oxygen atoms in total. The predicted octanol–water partition coefficient (Wildman–Crippen LogP) is 3.27. The van der Waals surface area contributed by atoms with Crippen LogP contribution in [-0.4, -0.2) is 29.2 Å². The molecule has 18 heavy (non-hydrogen) atoms. The molecular formula is C11H10F3NOS2. The molecule has 0 spiro atoms. The average Bonchev–Trinajstić information content (AvgIpc) is 2.90. The maximum absolute atomic E-state index is 12.2. The highest BCUT2D eigenvalue weighted by Gasteiger charge is 2.37. The van der Waals surface area contributed by atoms with Gasteiger partial charge in [-0.25, -0.2) is 0 Å². The minimum absolute atomic E-state index is 0.408. The highest BCUT2D eigenvalue weighted by atomic mass is 32.2. The Bertz CT molecular complexity index is 453. The van der Waals surface area contributed by atoms with Gasteiger partial charge in [-0.1, -0.05) is 6.07 Å². The first kappa shape index (κ1) is 13.5. The Morgan fingerprint density at radius 1 is 1.50 bits per heavy atom. The van der Waals surface area contributed by atoms with Crippen LogP contribution in [0.15, 0.2) is 28.6 Å². The number of thiophene rings is 1. The van der Waals surface area contributed by atoms with Crippen molar-refractivity contribution in [3.63, 3.8) is 0 Å². The molecular weight excluding hydrogens is 283 g/mol. The van der Waals surface area contributed by atoms with Gasteiger partial charge in [0.25, 0.3) is 5.78 Å². The SMILES string of the molecule is O=C(C=C1SCCN1Cc1cccs1)C(F)(F)F. The number of thioether (sulfide) groups is 1. The molecule has 0 bridgehead atoms. The lowest BCUT2D eigenvalue weighted by atomic mass is 10.3. The molecule has 7 heteroatoms. The quantitative estimate of drug-likeness (QED) is 0.798. The molecule has 1 aliphatic heterocycles. The summed E-state index contributed by atoms with van der Waals surface area (Å²) in [6.45, 7) is 1.22. The number of carbonyl (C=O) groups is 1. The molecule has 0 aromatic carbocycles. The van der Waals surface area contributed by atoms with Crippen molar-refractivity contribution < 1.29 is 18.0 Å². The zero-order chi connectivity index (χ0) is 13.2. The third-order valence-corrected chi connectivity index (χ3v) is 4.30. The number of allylic oxidation sites excluding steroid dienone is 1. The van der Waals surface area contributed by atoms with Gasteiger partial charge < -0.3 is 4.90 Å². The van der Waals surface area contributed by atoms with Crippen molar-refractivity contribution in [1.29, 1.82) is 0 Å². The molecule has 1 fully saturated rings. The summed E-state index contributed by atoms with van der Waals surface area (Å²) in [5, 5.41) is 2.33. The lowest BCUT2D eigenvalue weighted by Crippen LogP contribution is -2.23. The largest absolute Gasteiger partial charge is 0.454 e. The van der Waals surface area contributed by atoms with Crippen LogP contribution in [0.4, 0.5) is 13.2 Å². The Balaban J connectivity index is 2.08. The molecule has 1 saturated heterocycles. The number of ketones is 1. The van der Waals surface area contributed by atoms with E-state index in [0.29, 0.717) is 29.9 Å². The van der Waals surface area contributed by atoms with Gasteiger partial charge >= 0.3 is 6.18 Å². The van der Waals surface area contributed by atoms with Gasteiger partial charge in [-0.3, -0.25) is 4.79 Å². The fourth-order valence-electron chi connectivity index (χ4n) is 1.54. The summed E-state index contributed by atoms with van der Waals surface area (Å²) in [6.07, 6.45) is -4.09. The second-order valence-corrected chi connectivity index (χ2v) is 5.84. The summed E-state index contributed by atoms with van der Waals surface area (Å²) in [6, 6.07) is 3.82. The minimum Gasteiger partial charge on any atom is -0.360 e. The van der Waals surface area contributed by atoms with Crippen LogP contribution in [0, 0.1) is 0 Å². The monoisotopic (exact) mass is 293 g/mol. The van der Waals surface area contributed by atoms with Gasteiger partial charge in [-0.05, 0) is 11.4 Å². The molecule has 98 valence electrons. The van der Waals surface area contributed by atoms with Crippen LogP contribution in [0.1, 0.15) is 4.88 Å². The summed E-state index contributed by atoms with van der Waals surface area (Å²) in [5.74, 6) is -1.08. The summed E-state index contributed by atoms with van der Waals surface area (Å²) in [7, 11) is 0. The topological polar surface area (TPSA) is 20.3 Å². The molecule has 2 heterocycles. The third kappa shape index (κ3) is 3.29. The van der Waals surface area contributed by atoms with Crippen molar-refractivity contribution in [3.8, 4) is 0 Å². The summed E-state index contributed by atoms with van der Waals surface area (Å²) in [5.41, 5.74) is 0. The molecule has 1 aliphatic rings. The second kappa shape index (κ2) is 5.36. The maximum atomic E-state index is 12.2. The second-order valence-electron chi connectivity index (χ2n) is 3.69. The number of hydrogen-bond acceptors (Lipinski definition) is 4. The molecule has 2 rings (SSSR count). The van der Waals surface area contributed by atoms with E-state index in [4.69, 9.17) is 0 Å². The van der Waals surface area contributed by atoms with Gasteiger partial charge in [0.1, 0.15) is 0 Å². The van der Waals surface area contributed by atoms with Gasteiger partial charge in [-0.15, -0.1) is 23.1 Å². The molecule has 0 atom stereocenters. The van der Waals surface area contributed by atoms with Crippen LogP contribution >= 0.6 is 23.1 Å². The minimum atomic E-state index is -4.79. The maximum Gasteiger partial charge on any atom is 0.454 e. The Kier molecular flexibility index (Phi) is 4.01.